The molecule has 158 valence electrons. The fraction of sp³-hybridized carbons (Fsp3) is 0.292. The van der Waals surface area contributed by atoms with Gasteiger partial charge < -0.3 is 5.32 Å². The zero-order chi connectivity index (χ0) is 21.2. The fourth-order valence-electron chi connectivity index (χ4n) is 4.36. The zero-order valence-corrected chi connectivity index (χ0v) is 18.0. The number of thioether (sulfide) groups is 1. The summed E-state index contributed by atoms with van der Waals surface area (Å²) in [4.78, 5) is 28.9. The number of nitrogens with zero attached hydrogens (tertiary/aromatic N) is 2. The molecule has 2 aromatic carbocycles. The molecule has 0 atom stereocenters. The number of benzene rings is 2. The van der Waals surface area contributed by atoms with Gasteiger partial charge in [-0.15, -0.1) is 0 Å². The summed E-state index contributed by atoms with van der Waals surface area (Å²) in [7, 11) is 0. The van der Waals surface area contributed by atoms with Gasteiger partial charge in [0.15, 0.2) is 5.78 Å². The molecule has 1 fully saturated rings. The van der Waals surface area contributed by atoms with E-state index >= 15 is 0 Å². The second kappa shape index (κ2) is 8.69. The van der Waals surface area contributed by atoms with Crippen LogP contribution in [0.1, 0.15) is 30.0 Å². The maximum Gasteiger partial charge on any atom is 0.258 e. The predicted octanol–water partition coefficient (Wildman–Crippen LogP) is 3.57. The van der Waals surface area contributed by atoms with Crippen LogP contribution in [0.3, 0.4) is 0 Å². The Labute approximate surface area is 185 Å². The summed E-state index contributed by atoms with van der Waals surface area (Å²) in [6, 6.07) is 16.4. The highest BCUT2D eigenvalue weighted by Crippen LogP contribution is 2.39. The van der Waals surface area contributed by atoms with Crippen LogP contribution in [0.5, 0.6) is 0 Å². The van der Waals surface area contributed by atoms with Crippen LogP contribution in [0.4, 0.5) is 0 Å². The second-order valence-electron chi connectivity index (χ2n) is 8.08. The summed E-state index contributed by atoms with van der Waals surface area (Å²) >= 11 is 1.41. The SMILES string of the molecule is O=C(CNC(=O)C1=Cc2[nH]nc3cccc(c23)S1)CN1CCC(c2ccccc2)CC1. The number of amides is 1. The van der Waals surface area contributed by atoms with Crippen LogP contribution in [0.25, 0.3) is 17.0 Å². The minimum Gasteiger partial charge on any atom is -0.344 e. The summed E-state index contributed by atoms with van der Waals surface area (Å²) in [5, 5.41) is 11.1. The van der Waals surface area contributed by atoms with E-state index in [0.29, 0.717) is 17.4 Å². The molecule has 1 aromatic heterocycles. The molecule has 2 aliphatic rings. The van der Waals surface area contributed by atoms with Crippen molar-refractivity contribution in [2.75, 3.05) is 26.2 Å². The fourth-order valence-corrected chi connectivity index (χ4v) is 5.40. The lowest BCUT2D eigenvalue weighted by Crippen LogP contribution is -2.40. The first-order chi connectivity index (χ1) is 15.2. The third-order valence-electron chi connectivity index (χ3n) is 5.99. The van der Waals surface area contributed by atoms with Gasteiger partial charge in [-0.1, -0.05) is 48.2 Å². The molecule has 2 aliphatic heterocycles. The molecule has 1 amide bonds. The molecule has 6 nitrogen and oxygen atoms in total. The van der Waals surface area contributed by atoms with E-state index in [2.05, 4.69) is 44.7 Å². The lowest BCUT2D eigenvalue weighted by Gasteiger charge is -2.31. The molecular formula is C24H24N4O2S. The smallest absolute Gasteiger partial charge is 0.258 e. The monoisotopic (exact) mass is 432 g/mol. The Balaban J connectivity index is 1.11. The highest BCUT2D eigenvalue weighted by Gasteiger charge is 2.24. The lowest BCUT2D eigenvalue weighted by atomic mass is 9.89. The Morgan fingerprint density at radius 1 is 1.10 bits per heavy atom. The first-order valence-corrected chi connectivity index (χ1v) is 11.4. The quantitative estimate of drug-likeness (QED) is 0.623. The second-order valence-corrected chi connectivity index (χ2v) is 9.16. The van der Waals surface area contributed by atoms with Crippen molar-refractivity contribution < 1.29 is 9.59 Å². The first-order valence-electron chi connectivity index (χ1n) is 10.6. The van der Waals surface area contributed by atoms with E-state index in [9.17, 15) is 9.59 Å². The van der Waals surface area contributed by atoms with E-state index in [1.807, 2.05) is 24.3 Å². The van der Waals surface area contributed by atoms with E-state index in [-0.39, 0.29) is 18.2 Å². The number of Topliss-reactive ketones (excluding diaryl/α,β-unsaturated/α-hetero) is 1. The Morgan fingerprint density at radius 3 is 2.71 bits per heavy atom. The summed E-state index contributed by atoms with van der Waals surface area (Å²) < 4.78 is 0. The van der Waals surface area contributed by atoms with E-state index in [1.165, 1.54) is 17.3 Å². The van der Waals surface area contributed by atoms with Gasteiger partial charge in [0.05, 0.1) is 29.2 Å². The van der Waals surface area contributed by atoms with Crippen LogP contribution < -0.4 is 5.32 Å². The maximum atomic E-state index is 12.6. The van der Waals surface area contributed by atoms with Gasteiger partial charge in [0.1, 0.15) is 0 Å². The normalized spacial score (nSPS) is 16.8. The molecule has 0 bridgehead atoms. The molecule has 7 heteroatoms. The topological polar surface area (TPSA) is 78.1 Å². The van der Waals surface area contributed by atoms with Crippen molar-refractivity contribution in [2.45, 2.75) is 23.7 Å². The van der Waals surface area contributed by atoms with Gasteiger partial charge in [-0.3, -0.25) is 19.6 Å². The molecule has 0 unspecified atom stereocenters. The van der Waals surface area contributed by atoms with Gasteiger partial charge in [-0.05, 0) is 55.6 Å². The standard InChI is InChI=1S/C24H24N4O2S/c29-18(15-28-11-9-17(10-12-28)16-5-2-1-3-6-16)14-25-24(30)22-13-20-23-19(26-27-20)7-4-8-21(23)31-22/h1-8,13,17H,9-12,14-15H2,(H,25,30)(H,26,27). The molecule has 0 spiro atoms. The zero-order valence-electron chi connectivity index (χ0n) is 17.1. The van der Waals surface area contributed by atoms with E-state index in [4.69, 9.17) is 0 Å². The molecule has 3 heterocycles. The minimum atomic E-state index is -0.224. The third kappa shape index (κ3) is 4.29. The van der Waals surface area contributed by atoms with Gasteiger partial charge in [-0.2, -0.15) is 5.10 Å². The van der Waals surface area contributed by atoms with Crippen LogP contribution in [0, 0.1) is 0 Å². The van der Waals surface area contributed by atoms with Crippen LogP contribution in [0.15, 0.2) is 58.3 Å². The number of hydrogen-bond acceptors (Lipinski definition) is 5. The summed E-state index contributed by atoms with van der Waals surface area (Å²) in [6.45, 7) is 2.26. The Bertz CT molecular complexity index is 1150. The molecule has 1 saturated heterocycles. The van der Waals surface area contributed by atoms with Gasteiger partial charge in [-0.25, -0.2) is 0 Å². The molecule has 0 aliphatic carbocycles. The number of H-pyrrole nitrogens is 1. The lowest BCUT2D eigenvalue weighted by molar-refractivity contribution is -0.123. The van der Waals surface area contributed by atoms with Crippen molar-refractivity contribution in [3.8, 4) is 0 Å². The van der Waals surface area contributed by atoms with Gasteiger partial charge in [0.25, 0.3) is 5.91 Å². The number of rotatable bonds is 6. The van der Waals surface area contributed by atoms with E-state index in [0.717, 1.165) is 47.4 Å². The molecule has 3 aromatic rings. The highest BCUT2D eigenvalue weighted by molar-refractivity contribution is 8.04. The van der Waals surface area contributed by atoms with Crippen LogP contribution >= 0.6 is 11.8 Å². The van der Waals surface area contributed by atoms with Crippen molar-refractivity contribution >= 4 is 40.4 Å². The average molecular weight is 433 g/mol. The summed E-state index contributed by atoms with van der Waals surface area (Å²) in [5.74, 6) is 0.384. The number of piperidine rings is 1. The molecule has 5 rings (SSSR count). The molecular weight excluding hydrogens is 408 g/mol. The predicted molar refractivity (Wildman–Crippen MR) is 123 cm³/mol. The van der Waals surface area contributed by atoms with E-state index < -0.39 is 0 Å². The Hall–Kier alpha value is -2.90. The number of carbonyl (C=O) groups is 2. The molecule has 0 radical (unpaired) electrons. The van der Waals surface area contributed by atoms with Gasteiger partial charge in [0.2, 0.25) is 0 Å². The number of hydrogen-bond donors (Lipinski definition) is 2. The number of nitrogens with one attached hydrogen (secondary N) is 2. The Morgan fingerprint density at radius 2 is 1.90 bits per heavy atom. The highest BCUT2D eigenvalue weighted by atomic mass is 32.2. The van der Waals surface area contributed by atoms with Crippen LogP contribution in [0.2, 0.25) is 0 Å². The van der Waals surface area contributed by atoms with Crippen molar-refractivity contribution in [1.82, 2.24) is 20.4 Å². The molecule has 2 N–H and O–H groups in total. The number of carbonyl (C=O) groups excluding carboxylic acids is 2. The van der Waals surface area contributed by atoms with Crippen molar-refractivity contribution in [3.63, 3.8) is 0 Å². The van der Waals surface area contributed by atoms with Crippen LogP contribution in [-0.4, -0.2) is 53.0 Å². The van der Waals surface area contributed by atoms with Gasteiger partial charge >= 0.3 is 0 Å². The number of likely N-dealkylation sites (tertiary alicyclic amines) is 1. The third-order valence-corrected chi connectivity index (χ3v) is 7.08. The van der Waals surface area contributed by atoms with Crippen molar-refractivity contribution in [3.05, 3.63) is 64.7 Å². The maximum absolute atomic E-state index is 12.6. The number of ketones is 1. The number of aromatic amines is 1. The van der Waals surface area contributed by atoms with E-state index in [1.54, 1.807) is 6.08 Å². The minimum absolute atomic E-state index is 0.0391. The van der Waals surface area contributed by atoms with Crippen LogP contribution in [-0.2, 0) is 9.59 Å². The Kier molecular flexibility index (Phi) is 5.61. The summed E-state index contributed by atoms with van der Waals surface area (Å²) in [5.41, 5.74) is 3.11. The number of aromatic nitrogens is 2. The van der Waals surface area contributed by atoms with Gasteiger partial charge in [0, 0.05) is 10.3 Å². The average Bonchev–Trinajstić information content (AvgIpc) is 3.23. The largest absolute Gasteiger partial charge is 0.344 e. The first kappa shape index (κ1) is 20.0. The van der Waals surface area contributed by atoms with Crippen molar-refractivity contribution in [2.24, 2.45) is 0 Å². The molecule has 31 heavy (non-hydrogen) atoms. The molecule has 0 saturated carbocycles. The summed E-state index contributed by atoms with van der Waals surface area (Å²) in [6.07, 6.45) is 3.93. The van der Waals surface area contributed by atoms with Crippen molar-refractivity contribution in [1.29, 1.82) is 0 Å².